The Labute approximate surface area is 161 Å². The molecule has 26 heavy (non-hydrogen) atoms. The summed E-state index contributed by atoms with van der Waals surface area (Å²) in [4.78, 5) is 15.1. The molecule has 1 aliphatic heterocycles. The summed E-state index contributed by atoms with van der Waals surface area (Å²) >= 11 is 3.49. The van der Waals surface area contributed by atoms with Crippen LogP contribution < -0.4 is 5.32 Å². The minimum Gasteiger partial charge on any atom is -0.451 e. The van der Waals surface area contributed by atoms with Gasteiger partial charge >= 0.3 is 0 Å². The highest BCUT2D eigenvalue weighted by atomic mass is 32.2. The zero-order chi connectivity index (χ0) is 17.9. The molecule has 1 fully saturated rings. The quantitative estimate of drug-likeness (QED) is 0.635. The lowest BCUT2D eigenvalue weighted by Crippen LogP contribution is -2.30. The van der Waals surface area contributed by atoms with Gasteiger partial charge in [-0.1, -0.05) is 24.3 Å². The fourth-order valence-electron chi connectivity index (χ4n) is 3.52. The molecule has 1 unspecified atom stereocenters. The van der Waals surface area contributed by atoms with Gasteiger partial charge in [0, 0.05) is 29.8 Å². The van der Waals surface area contributed by atoms with Crippen LogP contribution in [0.25, 0.3) is 11.0 Å². The number of likely N-dealkylation sites (tertiary alicyclic amines) is 1. The van der Waals surface area contributed by atoms with Crippen molar-refractivity contribution in [1.29, 1.82) is 0 Å². The van der Waals surface area contributed by atoms with Crippen molar-refractivity contribution >= 4 is 40.0 Å². The summed E-state index contributed by atoms with van der Waals surface area (Å²) in [5.41, 5.74) is 1.81. The van der Waals surface area contributed by atoms with Gasteiger partial charge in [-0.25, -0.2) is 0 Å². The van der Waals surface area contributed by atoms with Crippen molar-refractivity contribution in [2.24, 2.45) is 5.92 Å². The number of benzene rings is 1. The first-order valence-corrected chi connectivity index (χ1v) is 10.7. The maximum Gasteiger partial charge on any atom is 0.289 e. The smallest absolute Gasteiger partial charge is 0.289 e. The van der Waals surface area contributed by atoms with E-state index in [0.29, 0.717) is 11.7 Å². The summed E-state index contributed by atoms with van der Waals surface area (Å²) in [6, 6.07) is 12.1. The largest absolute Gasteiger partial charge is 0.451 e. The van der Waals surface area contributed by atoms with Crippen LogP contribution in [0.5, 0.6) is 0 Å². The van der Waals surface area contributed by atoms with E-state index in [0.717, 1.165) is 48.3 Å². The van der Waals surface area contributed by atoms with E-state index in [1.54, 1.807) is 23.1 Å². The molecule has 6 heteroatoms. The third-order valence-corrected chi connectivity index (χ3v) is 6.97. The van der Waals surface area contributed by atoms with Gasteiger partial charge in [0.05, 0.1) is 4.21 Å². The first kappa shape index (κ1) is 17.6. The number of thiophene rings is 1. The number of amides is 1. The van der Waals surface area contributed by atoms with Crippen LogP contribution in [-0.4, -0.2) is 37.5 Å². The van der Waals surface area contributed by atoms with Crippen LogP contribution in [0.3, 0.4) is 0 Å². The Morgan fingerprint density at radius 2 is 2.23 bits per heavy atom. The minimum atomic E-state index is 0.0292. The average Bonchev–Trinajstić information content (AvgIpc) is 3.39. The molecule has 0 bridgehead atoms. The van der Waals surface area contributed by atoms with Crippen molar-refractivity contribution in [2.45, 2.75) is 16.4 Å². The van der Waals surface area contributed by atoms with Crippen molar-refractivity contribution in [3.63, 3.8) is 0 Å². The Balaban J connectivity index is 1.61. The van der Waals surface area contributed by atoms with E-state index in [2.05, 4.69) is 22.8 Å². The highest BCUT2D eigenvalue weighted by Crippen LogP contribution is 2.34. The Morgan fingerprint density at radius 1 is 1.35 bits per heavy atom. The number of furan rings is 1. The molecule has 4 nitrogen and oxygen atoms in total. The minimum absolute atomic E-state index is 0.0292. The molecule has 1 aromatic carbocycles. The number of nitrogens with one attached hydrogen (secondary N) is 1. The molecule has 1 amide bonds. The fraction of sp³-hybridized carbons (Fsp3) is 0.350. The second kappa shape index (κ2) is 7.86. The second-order valence-electron chi connectivity index (χ2n) is 6.59. The number of hydrogen-bond donors (Lipinski definition) is 1. The van der Waals surface area contributed by atoms with Crippen LogP contribution in [0.4, 0.5) is 0 Å². The Hall–Kier alpha value is -1.76. The molecule has 1 saturated heterocycles. The molecule has 0 saturated carbocycles. The number of para-hydroxylation sites is 1. The van der Waals surface area contributed by atoms with Crippen LogP contribution >= 0.6 is 23.1 Å². The van der Waals surface area contributed by atoms with Crippen LogP contribution in [0, 0.1) is 5.92 Å². The highest BCUT2D eigenvalue weighted by Gasteiger charge is 2.30. The molecule has 3 heterocycles. The monoisotopic (exact) mass is 386 g/mol. The number of carbonyl (C=O) groups excluding carboxylic acids is 1. The summed E-state index contributed by atoms with van der Waals surface area (Å²) < 4.78 is 7.28. The number of nitrogens with zero attached hydrogens (tertiary/aromatic N) is 1. The Kier molecular flexibility index (Phi) is 5.33. The van der Waals surface area contributed by atoms with Gasteiger partial charge in [0.1, 0.15) is 5.58 Å². The molecule has 2 aromatic heterocycles. The summed E-state index contributed by atoms with van der Waals surface area (Å²) in [7, 11) is 1.96. The van der Waals surface area contributed by atoms with E-state index in [1.807, 2.05) is 36.2 Å². The number of thioether (sulfide) groups is 1. The first-order valence-electron chi connectivity index (χ1n) is 8.87. The molecule has 3 aromatic rings. The van der Waals surface area contributed by atoms with Gasteiger partial charge < -0.3 is 14.6 Å². The molecule has 1 N–H and O–H groups in total. The lowest BCUT2D eigenvalue weighted by atomic mass is 10.1. The summed E-state index contributed by atoms with van der Waals surface area (Å²) in [6.45, 7) is 2.55. The van der Waals surface area contributed by atoms with Crippen molar-refractivity contribution < 1.29 is 9.21 Å². The maximum absolute atomic E-state index is 13.2. The van der Waals surface area contributed by atoms with Crippen molar-refractivity contribution in [2.75, 3.05) is 26.7 Å². The molecule has 1 aliphatic rings. The van der Waals surface area contributed by atoms with Crippen LogP contribution in [0.15, 0.2) is 50.4 Å². The summed E-state index contributed by atoms with van der Waals surface area (Å²) in [5, 5.41) is 6.34. The SMILES string of the molecule is CNCC1CCN(C(=O)c2oc3ccccc3c2CSc2cccs2)C1. The third kappa shape index (κ3) is 3.54. The molecular weight excluding hydrogens is 364 g/mol. The maximum atomic E-state index is 13.2. The highest BCUT2D eigenvalue weighted by molar-refractivity contribution is 8.00. The second-order valence-corrected chi connectivity index (χ2v) is 8.81. The van der Waals surface area contributed by atoms with Crippen molar-refractivity contribution in [3.05, 3.63) is 53.1 Å². The molecule has 0 aliphatic carbocycles. The van der Waals surface area contributed by atoms with Crippen LogP contribution in [0.2, 0.25) is 0 Å². The molecule has 1 atom stereocenters. The van der Waals surface area contributed by atoms with Crippen LogP contribution in [-0.2, 0) is 5.75 Å². The van der Waals surface area contributed by atoms with Gasteiger partial charge in [0.2, 0.25) is 0 Å². The van der Waals surface area contributed by atoms with Gasteiger partial charge in [-0.3, -0.25) is 4.79 Å². The van der Waals surface area contributed by atoms with Crippen molar-refractivity contribution in [3.8, 4) is 0 Å². The van der Waals surface area contributed by atoms with Gasteiger partial charge in [0.25, 0.3) is 5.91 Å². The van der Waals surface area contributed by atoms with E-state index in [9.17, 15) is 4.79 Å². The molecular formula is C20H22N2O2S2. The predicted octanol–water partition coefficient (Wildman–Crippen LogP) is 4.47. The van der Waals surface area contributed by atoms with Gasteiger partial charge in [-0.15, -0.1) is 23.1 Å². The lowest BCUT2D eigenvalue weighted by Gasteiger charge is -2.16. The Bertz CT molecular complexity index is 888. The summed E-state index contributed by atoms with van der Waals surface area (Å²) in [5.74, 6) is 1.81. The van der Waals surface area contributed by atoms with E-state index >= 15 is 0 Å². The fourth-order valence-corrected chi connectivity index (χ4v) is 5.33. The zero-order valence-corrected chi connectivity index (χ0v) is 16.4. The predicted molar refractivity (Wildman–Crippen MR) is 108 cm³/mol. The number of fused-ring (bicyclic) bond motifs is 1. The first-order chi connectivity index (χ1) is 12.8. The number of carbonyl (C=O) groups is 1. The van der Waals surface area contributed by atoms with E-state index < -0.39 is 0 Å². The number of hydrogen-bond acceptors (Lipinski definition) is 5. The number of rotatable bonds is 6. The lowest BCUT2D eigenvalue weighted by molar-refractivity contribution is 0.0757. The van der Waals surface area contributed by atoms with E-state index in [4.69, 9.17) is 4.42 Å². The zero-order valence-electron chi connectivity index (χ0n) is 14.7. The Morgan fingerprint density at radius 3 is 3.04 bits per heavy atom. The molecule has 0 radical (unpaired) electrons. The summed E-state index contributed by atoms with van der Waals surface area (Å²) in [6.07, 6.45) is 1.05. The van der Waals surface area contributed by atoms with Crippen LogP contribution in [0.1, 0.15) is 22.5 Å². The van der Waals surface area contributed by atoms with E-state index in [1.165, 1.54) is 4.21 Å². The molecule has 136 valence electrons. The van der Waals surface area contributed by atoms with E-state index in [-0.39, 0.29) is 5.91 Å². The van der Waals surface area contributed by atoms with Gasteiger partial charge in [-0.2, -0.15) is 0 Å². The normalized spacial score (nSPS) is 17.3. The molecule has 0 spiro atoms. The average molecular weight is 387 g/mol. The molecule has 4 rings (SSSR count). The topological polar surface area (TPSA) is 45.5 Å². The van der Waals surface area contributed by atoms with Gasteiger partial charge in [-0.05, 0) is 43.4 Å². The van der Waals surface area contributed by atoms with Crippen molar-refractivity contribution in [1.82, 2.24) is 10.2 Å². The van der Waals surface area contributed by atoms with Gasteiger partial charge in [0.15, 0.2) is 5.76 Å². The standard InChI is InChI=1S/C20H22N2O2S2/c1-21-11-14-8-9-22(12-14)20(23)19-16(13-26-18-7-4-10-25-18)15-5-2-3-6-17(15)24-19/h2-7,10,14,21H,8-9,11-13H2,1H3. The third-order valence-electron chi connectivity index (χ3n) is 4.81.